The highest BCUT2D eigenvalue weighted by atomic mass is 16.2. The molecular formula is C22H19N3O. The summed E-state index contributed by atoms with van der Waals surface area (Å²) >= 11 is 0. The smallest absolute Gasteiger partial charge is 0.256 e. The average Bonchev–Trinajstić information content (AvgIpc) is 3.36. The standard InChI is InChI=1S/C22H19N3O/c26-22(19-11-4-8-16-14-23-24-21(16)19)25-13-5-12-20(25)18-10-3-7-15-6-1-2-9-17(15)18/h1-4,6-11,14,20H,5,12-13H2,(H,23,24). The van der Waals surface area contributed by atoms with Gasteiger partial charge in [-0.2, -0.15) is 5.10 Å². The van der Waals surface area contributed by atoms with Crippen molar-refractivity contribution in [2.75, 3.05) is 6.54 Å². The minimum absolute atomic E-state index is 0.0790. The summed E-state index contributed by atoms with van der Waals surface area (Å²) in [6.45, 7) is 0.789. The molecule has 0 bridgehead atoms. The first-order valence-electron chi connectivity index (χ1n) is 9.03. The number of nitrogens with zero attached hydrogens (tertiary/aromatic N) is 2. The van der Waals surface area contributed by atoms with Crippen molar-refractivity contribution in [3.05, 3.63) is 78.0 Å². The summed E-state index contributed by atoms with van der Waals surface area (Å²) in [5, 5.41) is 10.5. The van der Waals surface area contributed by atoms with Gasteiger partial charge in [0.15, 0.2) is 0 Å². The number of aromatic amines is 1. The zero-order valence-electron chi connectivity index (χ0n) is 14.4. The van der Waals surface area contributed by atoms with Gasteiger partial charge in [-0.1, -0.05) is 54.6 Å². The van der Waals surface area contributed by atoms with Crippen molar-refractivity contribution >= 4 is 27.6 Å². The van der Waals surface area contributed by atoms with Gasteiger partial charge >= 0.3 is 0 Å². The van der Waals surface area contributed by atoms with E-state index in [9.17, 15) is 4.79 Å². The molecule has 0 aliphatic carbocycles. The van der Waals surface area contributed by atoms with Crippen molar-refractivity contribution in [1.82, 2.24) is 15.1 Å². The molecule has 4 nitrogen and oxygen atoms in total. The number of benzene rings is 3. The largest absolute Gasteiger partial charge is 0.332 e. The number of carbonyl (C=O) groups excluding carboxylic acids is 1. The number of para-hydroxylation sites is 1. The normalized spacial score (nSPS) is 17.2. The first kappa shape index (κ1) is 15.1. The van der Waals surface area contributed by atoms with Gasteiger partial charge in [-0.05, 0) is 35.2 Å². The summed E-state index contributed by atoms with van der Waals surface area (Å²) < 4.78 is 0. The Morgan fingerprint density at radius 1 is 1.00 bits per heavy atom. The van der Waals surface area contributed by atoms with Gasteiger partial charge in [-0.15, -0.1) is 0 Å². The van der Waals surface area contributed by atoms with E-state index in [0.29, 0.717) is 5.56 Å². The van der Waals surface area contributed by atoms with Crippen molar-refractivity contribution in [2.24, 2.45) is 0 Å². The third kappa shape index (κ3) is 2.30. The number of likely N-dealkylation sites (tertiary alicyclic amines) is 1. The molecule has 1 N–H and O–H groups in total. The summed E-state index contributed by atoms with van der Waals surface area (Å²) in [6.07, 6.45) is 3.79. The van der Waals surface area contributed by atoms with Gasteiger partial charge in [0.25, 0.3) is 5.91 Å². The molecule has 0 radical (unpaired) electrons. The molecule has 1 aliphatic heterocycles. The summed E-state index contributed by atoms with van der Waals surface area (Å²) in [4.78, 5) is 15.4. The van der Waals surface area contributed by atoms with Gasteiger partial charge in [0.2, 0.25) is 0 Å². The Morgan fingerprint density at radius 3 is 2.77 bits per heavy atom. The van der Waals surface area contributed by atoms with Crippen LogP contribution in [0.3, 0.4) is 0 Å². The molecule has 128 valence electrons. The predicted molar refractivity (Wildman–Crippen MR) is 103 cm³/mol. The second-order valence-electron chi connectivity index (χ2n) is 6.86. The monoisotopic (exact) mass is 341 g/mol. The van der Waals surface area contributed by atoms with Crippen LogP contribution in [0.15, 0.2) is 66.9 Å². The second kappa shape index (κ2) is 5.99. The summed E-state index contributed by atoms with van der Waals surface area (Å²) in [5.74, 6) is 0.0790. The van der Waals surface area contributed by atoms with Gasteiger partial charge in [-0.25, -0.2) is 0 Å². The van der Waals surface area contributed by atoms with Crippen LogP contribution >= 0.6 is 0 Å². The van der Waals surface area contributed by atoms with Crippen LogP contribution in [0.2, 0.25) is 0 Å². The lowest BCUT2D eigenvalue weighted by molar-refractivity contribution is 0.0738. The summed E-state index contributed by atoms with van der Waals surface area (Å²) in [6, 6.07) is 20.7. The van der Waals surface area contributed by atoms with E-state index in [1.807, 2.05) is 23.1 Å². The van der Waals surface area contributed by atoms with E-state index in [1.54, 1.807) is 6.20 Å². The molecule has 5 rings (SSSR count). The number of H-pyrrole nitrogens is 1. The van der Waals surface area contributed by atoms with E-state index in [-0.39, 0.29) is 11.9 Å². The highest BCUT2D eigenvalue weighted by Gasteiger charge is 2.32. The van der Waals surface area contributed by atoms with E-state index in [0.717, 1.165) is 30.3 Å². The number of amides is 1. The summed E-state index contributed by atoms with van der Waals surface area (Å²) in [5.41, 5.74) is 2.76. The average molecular weight is 341 g/mol. The Balaban J connectivity index is 1.58. The molecule has 1 aromatic heterocycles. The van der Waals surface area contributed by atoms with Crippen LogP contribution in [0.4, 0.5) is 0 Å². The lowest BCUT2D eigenvalue weighted by Gasteiger charge is -2.26. The number of aromatic nitrogens is 2. The fourth-order valence-electron chi connectivity index (χ4n) is 4.18. The number of hydrogen-bond acceptors (Lipinski definition) is 2. The van der Waals surface area contributed by atoms with E-state index in [4.69, 9.17) is 0 Å². The molecule has 1 saturated heterocycles. The maximum absolute atomic E-state index is 13.4. The van der Waals surface area contributed by atoms with E-state index in [1.165, 1.54) is 16.3 Å². The van der Waals surface area contributed by atoms with Crippen LogP contribution < -0.4 is 0 Å². The molecule has 0 spiro atoms. The SMILES string of the molecule is O=C(c1cccc2cn[nH]c12)N1CCCC1c1cccc2ccccc12. The molecule has 1 amide bonds. The molecule has 4 heteroatoms. The third-order valence-electron chi connectivity index (χ3n) is 5.40. The fourth-order valence-corrected chi connectivity index (χ4v) is 4.18. The topological polar surface area (TPSA) is 49.0 Å². The van der Waals surface area contributed by atoms with Crippen molar-refractivity contribution in [1.29, 1.82) is 0 Å². The van der Waals surface area contributed by atoms with Gasteiger partial charge in [-0.3, -0.25) is 9.89 Å². The van der Waals surface area contributed by atoms with Crippen molar-refractivity contribution < 1.29 is 4.79 Å². The van der Waals surface area contributed by atoms with Gasteiger partial charge in [0, 0.05) is 11.9 Å². The van der Waals surface area contributed by atoms with Crippen LogP contribution in [-0.2, 0) is 0 Å². The van der Waals surface area contributed by atoms with E-state index in [2.05, 4.69) is 52.7 Å². The molecule has 26 heavy (non-hydrogen) atoms. The highest BCUT2D eigenvalue weighted by molar-refractivity contribution is 6.05. The van der Waals surface area contributed by atoms with Gasteiger partial charge in [0.05, 0.1) is 23.3 Å². The number of nitrogens with one attached hydrogen (secondary N) is 1. The molecule has 1 unspecified atom stereocenters. The quantitative estimate of drug-likeness (QED) is 0.575. The van der Waals surface area contributed by atoms with Crippen molar-refractivity contribution in [3.8, 4) is 0 Å². The maximum Gasteiger partial charge on any atom is 0.256 e. The first-order chi connectivity index (χ1) is 12.8. The number of hydrogen-bond donors (Lipinski definition) is 1. The maximum atomic E-state index is 13.4. The molecule has 1 fully saturated rings. The minimum atomic E-state index is 0.0790. The molecule has 2 heterocycles. The van der Waals surface area contributed by atoms with Crippen LogP contribution in [0.25, 0.3) is 21.7 Å². The highest BCUT2D eigenvalue weighted by Crippen LogP contribution is 2.37. The molecule has 1 atom stereocenters. The fraction of sp³-hybridized carbons (Fsp3) is 0.182. The first-order valence-corrected chi connectivity index (χ1v) is 9.03. The van der Waals surface area contributed by atoms with Gasteiger partial charge in [0.1, 0.15) is 0 Å². The lowest BCUT2D eigenvalue weighted by atomic mass is 9.97. The zero-order chi connectivity index (χ0) is 17.5. The zero-order valence-corrected chi connectivity index (χ0v) is 14.4. The Morgan fingerprint density at radius 2 is 1.81 bits per heavy atom. The number of fused-ring (bicyclic) bond motifs is 2. The number of carbonyl (C=O) groups is 1. The Labute approximate surface area is 151 Å². The van der Waals surface area contributed by atoms with Crippen molar-refractivity contribution in [2.45, 2.75) is 18.9 Å². The molecule has 4 aromatic rings. The van der Waals surface area contributed by atoms with Gasteiger partial charge < -0.3 is 4.90 Å². The number of rotatable bonds is 2. The van der Waals surface area contributed by atoms with Crippen LogP contribution in [0, 0.1) is 0 Å². The summed E-state index contributed by atoms with van der Waals surface area (Å²) in [7, 11) is 0. The van der Waals surface area contributed by atoms with E-state index >= 15 is 0 Å². The minimum Gasteiger partial charge on any atom is -0.332 e. The third-order valence-corrected chi connectivity index (χ3v) is 5.40. The Hall–Kier alpha value is -3.14. The van der Waals surface area contributed by atoms with E-state index < -0.39 is 0 Å². The Bertz CT molecular complexity index is 1110. The molecule has 1 aliphatic rings. The van der Waals surface area contributed by atoms with Crippen LogP contribution in [0.1, 0.15) is 34.8 Å². The second-order valence-corrected chi connectivity index (χ2v) is 6.86. The molecular weight excluding hydrogens is 322 g/mol. The molecule has 0 saturated carbocycles. The predicted octanol–water partition coefficient (Wildman–Crippen LogP) is 4.69. The van der Waals surface area contributed by atoms with Crippen LogP contribution in [0.5, 0.6) is 0 Å². The Kier molecular flexibility index (Phi) is 3.49. The van der Waals surface area contributed by atoms with Crippen molar-refractivity contribution in [3.63, 3.8) is 0 Å². The lowest BCUT2D eigenvalue weighted by Crippen LogP contribution is -2.30. The molecule has 3 aromatic carbocycles. The van der Waals surface area contributed by atoms with Crippen LogP contribution in [-0.4, -0.2) is 27.5 Å².